The van der Waals surface area contributed by atoms with Gasteiger partial charge in [-0.2, -0.15) is 0 Å². The molecule has 1 saturated heterocycles. The molecule has 0 radical (unpaired) electrons. The molecule has 0 aliphatic carbocycles. The second kappa shape index (κ2) is 10.2. The fourth-order valence-corrected chi connectivity index (χ4v) is 1.13. The van der Waals surface area contributed by atoms with E-state index in [4.69, 9.17) is 0 Å². The zero-order valence-electron chi connectivity index (χ0n) is 10.0. The topological polar surface area (TPSA) is 46.2 Å². The van der Waals surface area contributed by atoms with Gasteiger partial charge in [-0.1, -0.05) is 34.6 Å². The van der Waals surface area contributed by atoms with E-state index < -0.39 is 0 Å². The molecule has 3 nitrogen and oxygen atoms in total. The minimum absolute atomic E-state index is 0.0673. The predicted octanol–water partition coefficient (Wildman–Crippen LogP) is 2.50. The largest absolute Gasteiger partial charge is 0.296 e. The van der Waals surface area contributed by atoms with E-state index in [0.29, 0.717) is 6.42 Å². The molecule has 1 atom stereocenters. The van der Waals surface area contributed by atoms with E-state index in [9.17, 15) is 9.59 Å². The van der Waals surface area contributed by atoms with E-state index in [1.165, 1.54) is 0 Å². The monoisotopic (exact) mass is 201 g/mol. The van der Waals surface area contributed by atoms with Crippen LogP contribution in [-0.2, 0) is 9.59 Å². The molecule has 0 aromatic heterocycles. The Morgan fingerprint density at radius 3 is 2.07 bits per heavy atom. The first-order valence-electron chi connectivity index (χ1n) is 5.57. The molecule has 0 aromatic rings. The average molecular weight is 201 g/mol. The lowest BCUT2D eigenvalue weighted by Gasteiger charge is -2.18. The molecule has 1 heterocycles. The zero-order valence-corrected chi connectivity index (χ0v) is 10.0. The highest BCUT2D eigenvalue weighted by atomic mass is 16.2. The number of amides is 2. The van der Waals surface area contributed by atoms with Crippen LogP contribution in [0.2, 0.25) is 0 Å². The van der Waals surface area contributed by atoms with Crippen molar-refractivity contribution in [2.45, 2.75) is 53.9 Å². The third kappa shape index (κ3) is 5.73. The number of hydrogen-bond donors (Lipinski definition) is 1. The van der Waals surface area contributed by atoms with E-state index in [-0.39, 0.29) is 17.7 Å². The lowest BCUT2D eigenvalue weighted by Crippen LogP contribution is -2.40. The number of carbonyl (C=O) groups excluding carboxylic acids is 2. The molecule has 3 heteroatoms. The average Bonchev–Trinajstić information content (AvgIpc) is 2.24. The lowest BCUT2D eigenvalue weighted by atomic mass is 9.96. The van der Waals surface area contributed by atoms with Gasteiger partial charge in [-0.15, -0.1) is 0 Å². The summed E-state index contributed by atoms with van der Waals surface area (Å²) in [6.07, 6.45) is 2.06. The van der Waals surface area contributed by atoms with Crippen LogP contribution in [0.25, 0.3) is 0 Å². The van der Waals surface area contributed by atoms with E-state index in [1.54, 1.807) is 0 Å². The highest BCUT2D eigenvalue weighted by molar-refractivity contribution is 5.98. The van der Waals surface area contributed by atoms with Crippen LogP contribution >= 0.6 is 0 Å². The van der Waals surface area contributed by atoms with E-state index in [1.807, 2.05) is 34.6 Å². The maximum Gasteiger partial charge on any atom is 0.229 e. The third-order valence-corrected chi connectivity index (χ3v) is 1.85. The van der Waals surface area contributed by atoms with Gasteiger partial charge in [-0.3, -0.25) is 14.9 Å². The molecule has 1 unspecified atom stereocenters. The highest BCUT2D eigenvalue weighted by Crippen LogP contribution is 2.14. The highest BCUT2D eigenvalue weighted by Gasteiger charge is 2.24. The van der Waals surface area contributed by atoms with Crippen LogP contribution in [0.1, 0.15) is 53.9 Å². The molecule has 1 rings (SSSR count). The van der Waals surface area contributed by atoms with Crippen LogP contribution in [0, 0.1) is 5.92 Å². The van der Waals surface area contributed by atoms with E-state index in [0.717, 1.165) is 12.8 Å². The Hall–Kier alpha value is -0.860. The summed E-state index contributed by atoms with van der Waals surface area (Å²) in [6, 6.07) is 0. The van der Waals surface area contributed by atoms with Crippen molar-refractivity contribution >= 4 is 11.8 Å². The van der Waals surface area contributed by atoms with Gasteiger partial charge >= 0.3 is 0 Å². The molecule has 0 spiro atoms. The van der Waals surface area contributed by atoms with Gasteiger partial charge < -0.3 is 0 Å². The van der Waals surface area contributed by atoms with Crippen molar-refractivity contribution in [1.82, 2.24) is 5.32 Å². The van der Waals surface area contributed by atoms with Gasteiger partial charge in [0, 0.05) is 12.3 Å². The molecule has 0 saturated carbocycles. The van der Waals surface area contributed by atoms with Gasteiger partial charge in [-0.25, -0.2) is 0 Å². The Morgan fingerprint density at radius 2 is 1.71 bits per heavy atom. The summed E-state index contributed by atoms with van der Waals surface area (Å²) < 4.78 is 0. The summed E-state index contributed by atoms with van der Waals surface area (Å²) in [5.74, 6) is -0.161. The maximum atomic E-state index is 10.9. The van der Waals surface area contributed by atoms with Crippen molar-refractivity contribution in [2.24, 2.45) is 5.92 Å². The molecular weight excluding hydrogens is 178 g/mol. The minimum atomic E-state index is -0.130. The first-order chi connectivity index (χ1) is 6.74. The standard InChI is InChI=1S/C7H11NO2.2C2H6/c1-2-5-3-4-6(9)8-7(5)10;2*1-2/h5H,2-4H2,1H3,(H,8,9,10);2*1-2H3. The minimum Gasteiger partial charge on any atom is -0.296 e. The number of hydrogen-bond acceptors (Lipinski definition) is 2. The number of rotatable bonds is 1. The molecule has 1 fully saturated rings. The van der Waals surface area contributed by atoms with Gasteiger partial charge in [0.2, 0.25) is 11.8 Å². The Kier molecular flexibility index (Phi) is 11.4. The van der Waals surface area contributed by atoms with Gasteiger partial charge in [0.05, 0.1) is 0 Å². The summed E-state index contributed by atoms with van der Waals surface area (Å²) >= 11 is 0. The molecule has 0 bridgehead atoms. The first-order valence-corrected chi connectivity index (χ1v) is 5.57. The fourth-order valence-electron chi connectivity index (χ4n) is 1.13. The summed E-state index contributed by atoms with van der Waals surface area (Å²) in [6.45, 7) is 9.96. The van der Waals surface area contributed by atoms with Gasteiger partial charge in [0.15, 0.2) is 0 Å². The molecule has 2 amide bonds. The second-order valence-corrected chi connectivity index (χ2v) is 2.56. The number of piperidine rings is 1. The molecule has 14 heavy (non-hydrogen) atoms. The Labute approximate surface area is 87.3 Å². The van der Waals surface area contributed by atoms with Crippen LogP contribution in [0.15, 0.2) is 0 Å². The van der Waals surface area contributed by atoms with E-state index >= 15 is 0 Å². The number of imide groups is 1. The van der Waals surface area contributed by atoms with Crippen LogP contribution in [0.4, 0.5) is 0 Å². The SMILES string of the molecule is CC.CC.CCC1CCC(=O)NC1=O. The molecule has 1 N–H and O–H groups in total. The third-order valence-electron chi connectivity index (χ3n) is 1.85. The van der Waals surface area contributed by atoms with Crippen molar-refractivity contribution in [1.29, 1.82) is 0 Å². The Balaban J connectivity index is 0. The van der Waals surface area contributed by atoms with Crippen LogP contribution in [0.3, 0.4) is 0 Å². The Bertz CT molecular complexity index is 167. The molecular formula is C11H23NO2. The van der Waals surface area contributed by atoms with Gasteiger partial charge in [0.25, 0.3) is 0 Å². The molecule has 0 aromatic carbocycles. The summed E-state index contributed by atoms with van der Waals surface area (Å²) in [5, 5.41) is 2.30. The predicted molar refractivity (Wildman–Crippen MR) is 58.9 cm³/mol. The fraction of sp³-hybridized carbons (Fsp3) is 0.818. The molecule has 1 aliphatic rings. The van der Waals surface area contributed by atoms with Crippen molar-refractivity contribution in [3.05, 3.63) is 0 Å². The number of nitrogens with one attached hydrogen (secondary N) is 1. The van der Waals surface area contributed by atoms with Gasteiger partial charge in [0.1, 0.15) is 0 Å². The van der Waals surface area contributed by atoms with Crippen LogP contribution < -0.4 is 5.32 Å². The summed E-state index contributed by atoms with van der Waals surface area (Å²) in [4.78, 5) is 21.5. The van der Waals surface area contributed by atoms with Crippen LogP contribution in [0.5, 0.6) is 0 Å². The lowest BCUT2D eigenvalue weighted by molar-refractivity contribution is -0.136. The Morgan fingerprint density at radius 1 is 1.21 bits per heavy atom. The maximum absolute atomic E-state index is 10.9. The molecule has 84 valence electrons. The van der Waals surface area contributed by atoms with Crippen molar-refractivity contribution < 1.29 is 9.59 Å². The van der Waals surface area contributed by atoms with Crippen molar-refractivity contribution in [3.8, 4) is 0 Å². The van der Waals surface area contributed by atoms with Crippen LogP contribution in [-0.4, -0.2) is 11.8 Å². The van der Waals surface area contributed by atoms with E-state index in [2.05, 4.69) is 5.32 Å². The summed E-state index contributed by atoms with van der Waals surface area (Å²) in [5.41, 5.74) is 0. The first kappa shape index (κ1) is 15.6. The second-order valence-electron chi connectivity index (χ2n) is 2.56. The van der Waals surface area contributed by atoms with Crippen molar-refractivity contribution in [2.75, 3.05) is 0 Å². The van der Waals surface area contributed by atoms with Crippen molar-refractivity contribution in [3.63, 3.8) is 0 Å². The number of carbonyl (C=O) groups is 2. The molecule has 1 aliphatic heterocycles. The summed E-state index contributed by atoms with van der Waals surface area (Å²) in [7, 11) is 0. The van der Waals surface area contributed by atoms with Gasteiger partial charge in [-0.05, 0) is 12.8 Å². The smallest absolute Gasteiger partial charge is 0.229 e. The quantitative estimate of drug-likeness (QED) is 0.662. The normalized spacial score (nSPS) is 19.6. The zero-order chi connectivity index (χ0) is 11.6.